The lowest BCUT2D eigenvalue weighted by molar-refractivity contribution is 0.275. The van der Waals surface area contributed by atoms with E-state index < -0.39 is 0 Å². The van der Waals surface area contributed by atoms with Crippen molar-refractivity contribution in [2.75, 3.05) is 38.6 Å². The SMILES string of the molecule is CNC(C)c1csc(N2CCN(C)CC2C)n1. The average Bonchev–Trinajstić information content (AvgIpc) is 2.77. The monoisotopic (exact) mass is 254 g/mol. The Bertz CT molecular complexity index is 365. The summed E-state index contributed by atoms with van der Waals surface area (Å²) in [5.74, 6) is 0. The van der Waals surface area contributed by atoms with E-state index in [1.165, 1.54) is 5.13 Å². The van der Waals surface area contributed by atoms with Crippen molar-refractivity contribution in [3.8, 4) is 0 Å². The van der Waals surface area contributed by atoms with Gasteiger partial charge in [-0.15, -0.1) is 11.3 Å². The predicted octanol–water partition coefficient (Wildman–Crippen LogP) is 1.56. The van der Waals surface area contributed by atoms with Crippen LogP contribution in [0.25, 0.3) is 0 Å². The molecule has 1 saturated heterocycles. The minimum atomic E-state index is 0.336. The molecule has 1 aliphatic rings. The zero-order valence-electron chi connectivity index (χ0n) is 11.1. The summed E-state index contributed by atoms with van der Waals surface area (Å²) in [4.78, 5) is 9.55. The van der Waals surface area contributed by atoms with E-state index in [0.717, 1.165) is 25.3 Å². The smallest absolute Gasteiger partial charge is 0.185 e. The van der Waals surface area contributed by atoms with Crippen LogP contribution in [0.5, 0.6) is 0 Å². The van der Waals surface area contributed by atoms with E-state index >= 15 is 0 Å². The normalized spacial score (nSPS) is 24.0. The van der Waals surface area contributed by atoms with E-state index in [4.69, 9.17) is 4.98 Å². The van der Waals surface area contributed by atoms with Crippen LogP contribution in [0.4, 0.5) is 5.13 Å². The van der Waals surface area contributed by atoms with Crippen molar-refractivity contribution < 1.29 is 0 Å². The van der Waals surface area contributed by atoms with Crippen LogP contribution in [0.2, 0.25) is 0 Å². The van der Waals surface area contributed by atoms with Crippen LogP contribution in [-0.4, -0.2) is 49.7 Å². The molecule has 2 atom stereocenters. The second kappa shape index (κ2) is 5.33. The number of nitrogens with zero attached hydrogens (tertiary/aromatic N) is 3. The highest BCUT2D eigenvalue weighted by Crippen LogP contribution is 2.26. The van der Waals surface area contributed by atoms with Gasteiger partial charge in [-0.25, -0.2) is 4.98 Å². The summed E-state index contributed by atoms with van der Waals surface area (Å²) < 4.78 is 0. The molecule has 1 N–H and O–H groups in total. The molecule has 17 heavy (non-hydrogen) atoms. The lowest BCUT2D eigenvalue weighted by atomic mass is 10.2. The molecule has 5 heteroatoms. The van der Waals surface area contributed by atoms with Crippen molar-refractivity contribution >= 4 is 16.5 Å². The molecule has 96 valence electrons. The second-order valence-corrected chi connectivity index (χ2v) is 5.71. The van der Waals surface area contributed by atoms with Gasteiger partial charge in [0.15, 0.2) is 5.13 Å². The Morgan fingerprint density at radius 1 is 1.53 bits per heavy atom. The van der Waals surface area contributed by atoms with Crippen LogP contribution < -0.4 is 10.2 Å². The number of likely N-dealkylation sites (N-methyl/N-ethyl adjacent to an activating group) is 1. The molecule has 2 rings (SSSR count). The van der Waals surface area contributed by atoms with E-state index in [0.29, 0.717) is 12.1 Å². The maximum Gasteiger partial charge on any atom is 0.185 e. The van der Waals surface area contributed by atoms with Gasteiger partial charge in [-0.05, 0) is 27.9 Å². The first-order chi connectivity index (χ1) is 8.11. The van der Waals surface area contributed by atoms with Crippen LogP contribution in [0.15, 0.2) is 5.38 Å². The summed E-state index contributed by atoms with van der Waals surface area (Å²) in [5, 5.41) is 6.57. The molecule has 4 nitrogen and oxygen atoms in total. The summed E-state index contributed by atoms with van der Waals surface area (Å²) in [6.07, 6.45) is 0. The van der Waals surface area contributed by atoms with Gasteiger partial charge in [0.25, 0.3) is 0 Å². The van der Waals surface area contributed by atoms with Gasteiger partial charge >= 0.3 is 0 Å². The third-order valence-corrected chi connectivity index (χ3v) is 4.36. The number of piperazine rings is 1. The van der Waals surface area contributed by atoms with Crippen molar-refractivity contribution in [3.05, 3.63) is 11.1 Å². The predicted molar refractivity (Wildman–Crippen MR) is 73.9 cm³/mol. The van der Waals surface area contributed by atoms with Crippen molar-refractivity contribution in [1.82, 2.24) is 15.2 Å². The number of hydrogen-bond donors (Lipinski definition) is 1. The second-order valence-electron chi connectivity index (χ2n) is 4.87. The molecule has 1 aliphatic heterocycles. The van der Waals surface area contributed by atoms with Gasteiger partial charge in [-0.2, -0.15) is 0 Å². The molecule has 2 unspecified atom stereocenters. The van der Waals surface area contributed by atoms with Crippen LogP contribution in [-0.2, 0) is 0 Å². The Morgan fingerprint density at radius 2 is 2.29 bits per heavy atom. The molecule has 0 amide bonds. The van der Waals surface area contributed by atoms with Gasteiger partial charge in [-0.1, -0.05) is 0 Å². The average molecular weight is 254 g/mol. The minimum Gasteiger partial charge on any atom is -0.343 e. The summed E-state index contributed by atoms with van der Waals surface area (Å²) in [6, 6.07) is 0.889. The molecule has 0 bridgehead atoms. The van der Waals surface area contributed by atoms with E-state index in [-0.39, 0.29) is 0 Å². The standard InChI is InChI=1S/C12H22N4S/c1-9-7-15(4)5-6-16(9)12-14-11(8-17-12)10(2)13-3/h8-10,13H,5-7H2,1-4H3. The van der Waals surface area contributed by atoms with Crippen molar-refractivity contribution in [3.63, 3.8) is 0 Å². The molecule has 0 saturated carbocycles. The van der Waals surface area contributed by atoms with Gasteiger partial charge in [0.1, 0.15) is 0 Å². The maximum absolute atomic E-state index is 4.74. The molecule has 0 aliphatic carbocycles. The number of thiazole rings is 1. The minimum absolute atomic E-state index is 0.336. The Balaban J connectivity index is 2.09. The molecule has 0 aromatic carbocycles. The number of aromatic nitrogens is 1. The fraction of sp³-hybridized carbons (Fsp3) is 0.750. The molecule has 1 fully saturated rings. The van der Waals surface area contributed by atoms with E-state index in [9.17, 15) is 0 Å². The zero-order chi connectivity index (χ0) is 12.4. The van der Waals surface area contributed by atoms with Crippen LogP contribution >= 0.6 is 11.3 Å². The summed E-state index contributed by atoms with van der Waals surface area (Å²) in [6.45, 7) is 7.75. The van der Waals surface area contributed by atoms with Crippen LogP contribution in [0.3, 0.4) is 0 Å². The van der Waals surface area contributed by atoms with Crippen molar-refractivity contribution in [1.29, 1.82) is 0 Å². The van der Waals surface area contributed by atoms with Crippen LogP contribution in [0, 0.1) is 0 Å². The fourth-order valence-electron chi connectivity index (χ4n) is 2.18. The molecule has 1 aromatic rings. The molecule has 1 aromatic heterocycles. The van der Waals surface area contributed by atoms with Crippen molar-refractivity contribution in [2.24, 2.45) is 0 Å². The highest BCUT2D eigenvalue weighted by molar-refractivity contribution is 7.13. The van der Waals surface area contributed by atoms with Gasteiger partial charge in [-0.3, -0.25) is 0 Å². The number of rotatable bonds is 3. The molecule has 0 radical (unpaired) electrons. The maximum atomic E-state index is 4.74. The summed E-state index contributed by atoms with van der Waals surface area (Å²) >= 11 is 1.76. The molecule has 2 heterocycles. The molecular formula is C12H22N4S. The Morgan fingerprint density at radius 3 is 2.94 bits per heavy atom. The first-order valence-corrected chi connectivity index (χ1v) is 7.07. The first-order valence-electron chi connectivity index (χ1n) is 6.19. The van der Waals surface area contributed by atoms with E-state index in [1.807, 2.05) is 7.05 Å². The quantitative estimate of drug-likeness (QED) is 0.887. The topological polar surface area (TPSA) is 31.4 Å². The fourth-order valence-corrected chi connectivity index (χ4v) is 3.23. The number of anilines is 1. The van der Waals surface area contributed by atoms with Gasteiger partial charge in [0, 0.05) is 37.1 Å². The Kier molecular flexibility index (Phi) is 4.01. The largest absolute Gasteiger partial charge is 0.343 e. The number of hydrogen-bond acceptors (Lipinski definition) is 5. The Hall–Kier alpha value is -0.650. The molecule has 0 spiro atoms. The highest BCUT2D eigenvalue weighted by Gasteiger charge is 2.24. The van der Waals surface area contributed by atoms with E-state index in [2.05, 4.69) is 41.4 Å². The summed E-state index contributed by atoms with van der Waals surface area (Å²) in [5.41, 5.74) is 1.15. The Labute approximate surface area is 108 Å². The highest BCUT2D eigenvalue weighted by atomic mass is 32.1. The lowest BCUT2D eigenvalue weighted by Gasteiger charge is -2.38. The third kappa shape index (κ3) is 2.78. The van der Waals surface area contributed by atoms with Gasteiger partial charge < -0.3 is 15.1 Å². The van der Waals surface area contributed by atoms with E-state index in [1.54, 1.807) is 11.3 Å². The number of nitrogens with one attached hydrogen (secondary N) is 1. The summed E-state index contributed by atoms with van der Waals surface area (Å²) in [7, 11) is 4.16. The van der Waals surface area contributed by atoms with Gasteiger partial charge in [0.05, 0.1) is 5.69 Å². The third-order valence-electron chi connectivity index (χ3n) is 3.46. The zero-order valence-corrected chi connectivity index (χ0v) is 11.9. The first kappa shape index (κ1) is 12.8. The molecular weight excluding hydrogens is 232 g/mol. The lowest BCUT2D eigenvalue weighted by Crippen LogP contribution is -2.50. The van der Waals surface area contributed by atoms with Gasteiger partial charge in [0.2, 0.25) is 0 Å². The van der Waals surface area contributed by atoms with Crippen LogP contribution in [0.1, 0.15) is 25.6 Å². The van der Waals surface area contributed by atoms with Crippen molar-refractivity contribution in [2.45, 2.75) is 25.9 Å².